The summed E-state index contributed by atoms with van der Waals surface area (Å²) in [4.78, 5) is 28.9. The highest BCUT2D eigenvalue weighted by atomic mass is 35.5. The van der Waals surface area contributed by atoms with Crippen LogP contribution < -0.4 is 25.0 Å². The third-order valence-corrected chi connectivity index (χ3v) is 7.88. The Balaban J connectivity index is 1.38. The Bertz CT molecular complexity index is 1430. The summed E-state index contributed by atoms with van der Waals surface area (Å²) in [6.07, 6.45) is 1.52. The second kappa shape index (κ2) is 13.0. The molecule has 3 heterocycles. The van der Waals surface area contributed by atoms with Crippen molar-refractivity contribution in [2.24, 2.45) is 0 Å². The Morgan fingerprint density at radius 3 is 2.50 bits per heavy atom. The van der Waals surface area contributed by atoms with E-state index in [0.29, 0.717) is 71.0 Å². The van der Waals surface area contributed by atoms with Crippen LogP contribution in [0.1, 0.15) is 29.8 Å². The molecular formula is C30H38ClN7O4. The Kier molecular flexibility index (Phi) is 9.20. The zero-order valence-electron chi connectivity index (χ0n) is 24.7. The average molecular weight is 596 g/mol. The predicted octanol–water partition coefficient (Wildman–Crippen LogP) is 4.77. The van der Waals surface area contributed by atoms with E-state index in [1.807, 2.05) is 25.2 Å². The van der Waals surface area contributed by atoms with E-state index in [-0.39, 0.29) is 5.91 Å². The molecule has 0 bridgehead atoms. The summed E-state index contributed by atoms with van der Waals surface area (Å²) in [6, 6.07) is 9.99. The van der Waals surface area contributed by atoms with Crippen LogP contribution in [0.4, 0.5) is 28.8 Å². The number of nitrogens with zero attached hydrogens (tertiary/aromatic N) is 5. The highest BCUT2D eigenvalue weighted by Gasteiger charge is 2.32. The van der Waals surface area contributed by atoms with Gasteiger partial charge in [-0.3, -0.25) is 9.69 Å². The first kappa shape index (κ1) is 29.7. The average Bonchev–Trinajstić information content (AvgIpc) is 3.29. The smallest absolute Gasteiger partial charge is 0.256 e. The summed E-state index contributed by atoms with van der Waals surface area (Å²) >= 11 is 6.52. The topological polar surface area (TPSA) is 104 Å². The van der Waals surface area contributed by atoms with Gasteiger partial charge in [0.15, 0.2) is 5.82 Å². The maximum Gasteiger partial charge on any atom is 0.256 e. The maximum absolute atomic E-state index is 13.3. The number of methoxy groups -OCH3 is 2. The van der Waals surface area contributed by atoms with E-state index in [1.54, 1.807) is 25.2 Å². The van der Waals surface area contributed by atoms with Crippen molar-refractivity contribution in [2.45, 2.75) is 26.4 Å². The Morgan fingerprint density at radius 2 is 1.79 bits per heavy atom. The quantitative estimate of drug-likeness (QED) is 0.301. The van der Waals surface area contributed by atoms with Crippen LogP contribution in [0, 0.1) is 0 Å². The minimum Gasteiger partial charge on any atom is -0.494 e. The fourth-order valence-corrected chi connectivity index (χ4v) is 5.43. The number of piperazine rings is 1. The fraction of sp³-hybridized carbons (Fsp3) is 0.433. The molecular weight excluding hydrogens is 558 g/mol. The summed E-state index contributed by atoms with van der Waals surface area (Å²) in [6.45, 7) is 9.77. The van der Waals surface area contributed by atoms with E-state index >= 15 is 0 Å². The Hall–Kier alpha value is -3.80. The van der Waals surface area contributed by atoms with Crippen molar-refractivity contribution in [3.8, 4) is 11.5 Å². The lowest BCUT2D eigenvalue weighted by atomic mass is 10.0. The van der Waals surface area contributed by atoms with Gasteiger partial charge in [0.1, 0.15) is 23.1 Å². The monoisotopic (exact) mass is 595 g/mol. The van der Waals surface area contributed by atoms with Gasteiger partial charge in [-0.2, -0.15) is 4.98 Å². The first-order valence-electron chi connectivity index (χ1n) is 14.1. The number of hydrogen-bond donors (Lipinski definition) is 2. The Morgan fingerprint density at radius 1 is 1.02 bits per heavy atom. The van der Waals surface area contributed by atoms with Gasteiger partial charge in [0.2, 0.25) is 5.95 Å². The molecule has 0 unspecified atom stereocenters. The maximum atomic E-state index is 13.3. The first-order chi connectivity index (χ1) is 20.3. The van der Waals surface area contributed by atoms with Crippen LogP contribution in [-0.2, 0) is 11.3 Å². The van der Waals surface area contributed by atoms with Gasteiger partial charge in [-0.1, -0.05) is 11.6 Å². The van der Waals surface area contributed by atoms with Crippen molar-refractivity contribution >= 4 is 46.3 Å². The van der Waals surface area contributed by atoms with Crippen molar-refractivity contribution in [1.82, 2.24) is 19.8 Å². The molecule has 224 valence electrons. The highest BCUT2D eigenvalue weighted by Crippen LogP contribution is 2.39. The molecule has 42 heavy (non-hydrogen) atoms. The number of rotatable bonds is 11. The first-order valence-corrected chi connectivity index (χ1v) is 14.4. The largest absolute Gasteiger partial charge is 0.494 e. The van der Waals surface area contributed by atoms with Crippen molar-refractivity contribution in [3.63, 3.8) is 0 Å². The van der Waals surface area contributed by atoms with Gasteiger partial charge in [-0.25, -0.2) is 4.98 Å². The predicted molar refractivity (Wildman–Crippen MR) is 165 cm³/mol. The molecule has 0 spiro atoms. The Labute approximate surface area is 251 Å². The van der Waals surface area contributed by atoms with Crippen LogP contribution in [0.25, 0.3) is 0 Å². The van der Waals surface area contributed by atoms with Gasteiger partial charge in [-0.15, -0.1) is 0 Å². The number of aromatic nitrogens is 2. The molecule has 1 fully saturated rings. The third kappa shape index (κ3) is 6.33. The molecule has 0 radical (unpaired) electrons. The molecule has 2 aromatic carbocycles. The molecule has 2 N–H and O–H groups in total. The minimum absolute atomic E-state index is 0.0313. The molecule has 5 rings (SSSR count). The van der Waals surface area contributed by atoms with Crippen LogP contribution in [-0.4, -0.2) is 92.4 Å². The van der Waals surface area contributed by atoms with E-state index < -0.39 is 0 Å². The fourth-order valence-electron chi connectivity index (χ4n) is 5.29. The van der Waals surface area contributed by atoms with E-state index in [2.05, 4.69) is 50.3 Å². The lowest BCUT2D eigenvalue weighted by Crippen LogP contribution is -2.49. The third-order valence-electron chi connectivity index (χ3n) is 7.60. The van der Waals surface area contributed by atoms with Crippen molar-refractivity contribution in [1.29, 1.82) is 0 Å². The lowest BCUT2D eigenvalue weighted by Gasteiger charge is -2.38. The number of nitrogens with one attached hydrogen (secondary N) is 2. The van der Waals surface area contributed by atoms with Gasteiger partial charge >= 0.3 is 0 Å². The summed E-state index contributed by atoms with van der Waals surface area (Å²) in [7, 11) is 5.03. The van der Waals surface area contributed by atoms with Crippen molar-refractivity contribution < 1.29 is 19.0 Å². The molecule has 12 heteroatoms. The normalized spacial score (nSPS) is 15.3. The number of carbonyl (C=O) groups excluding carboxylic acids is 1. The number of fused-ring (bicyclic) bond motifs is 1. The van der Waals surface area contributed by atoms with E-state index in [9.17, 15) is 4.79 Å². The van der Waals surface area contributed by atoms with Crippen LogP contribution in [0.2, 0.25) is 5.02 Å². The van der Waals surface area contributed by atoms with E-state index in [0.717, 1.165) is 37.4 Å². The van der Waals surface area contributed by atoms with Gasteiger partial charge in [0, 0.05) is 70.2 Å². The molecule has 1 aromatic heterocycles. The zero-order valence-corrected chi connectivity index (χ0v) is 25.5. The van der Waals surface area contributed by atoms with Gasteiger partial charge in [0.25, 0.3) is 5.91 Å². The second-order valence-corrected chi connectivity index (χ2v) is 11.0. The molecule has 1 amide bonds. The van der Waals surface area contributed by atoms with Crippen molar-refractivity contribution in [2.75, 3.05) is 76.2 Å². The second-order valence-electron chi connectivity index (χ2n) is 10.6. The number of halogens is 1. The molecule has 11 nitrogen and oxygen atoms in total. The highest BCUT2D eigenvalue weighted by molar-refractivity contribution is 6.33. The number of carbonyl (C=O) groups is 1. The van der Waals surface area contributed by atoms with Crippen LogP contribution in [0.5, 0.6) is 11.5 Å². The molecule has 0 atom stereocenters. The number of hydrogen-bond acceptors (Lipinski definition) is 10. The molecule has 0 aliphatic carbocycles. The van der Waals surface area contributed by atoms with Crippen LogP contribution >= 0.6 is 11.6 Å². The molecule has 3 aromatic rings. The van der Waals surface area contributed by atoms with Crippen LogP contribution in [0.3, 0.4) is 0 Å². The molecule has 2 aliphatic rings. The minimum atomic E-state index is -0.0313. The standard InChI is InChI=1S/C30H38ClN7O4/c1-19(2)37-10-12-38(13-11-37)25-9-8-24(27-21(25)18-36(3)29(27)39)33-28-22(31)17-32-30(35-28)34-23-7-6-20(16-26(23)41-5)42-15-14-40-4/h6-9,16-17,19H,10-15,18H2,1-5H3,(H2,32,33,34,35). The summed E-state index contributed by atoms with van der Waals surface area (Å²) in [5, 5.41) is 6.83. The van der Waals surface area contributed by atoms with E-state index in [1.165, 1.54) is 6.20 Å². The lowest BCUT2D eigenvalue weighted by molar-refractivity contribution is 0.0817. The summed E-state index contributed by atoms with van der Waals surface area (Å²) in [5.74, 6) is 1.89. The van der Waals surface area contributed by atoms with E-state index in [4.69, 9.17) is 25.8 Å². The van der Waals surface area contributed by atoms with Gasteiger partial charge in [0.05, 0.1) is 36.9 Å². The van der Waals surface area contributed by atoms with Crippen molar-refractivity contribution in [3.05, 3.63) is 52.7 Å². The molecule has 2 aliphatic heterocycles. The summed E-state index contributed by atoms with van der Waals surface area (Å²) < 4.78 is 16.3. The van der Waals surface area contributed by atoms with Crippen LogP contribution in [0.15, 0.2) is 36.5 Å². The number of anilines is 5. The number of ether oxygens (including phenoxy) is 3. The molecule has 1 saturated heterocycles. The number of amides is 1. The molecule has 0 saturated carbocycles. The van der Waals surface area contributed by atoms with Gasteiger partial charge in [-0.05, 0) is 38.1 Å². The summed E-state index contributed by atoms with van der Waals surface area (Å²) in [5.41, 5.74) is 4.09. The zero-order chi connectivity index (χ0) is 29.8. The van der Waals surface area contributed by atoms with Gasteiger partial charge < -0.3 is 34.6 Å². The SMILES string of the molecule is COCCOc1ccc(Nc2ncc(Cl)c(Nc3ccc(N4CCN(C(C)C)CC4)c4c3C(=O)N(C)C4)n2)c(OC)c1. The number of benzene rings is 2.